The first-order chi connectivity index (χ1) is 15.1. The van der Waals surface area contributed by atoms with Crippen LogP contribution in [-0.4, -0.2) is 41.4 Å². The Labute approximate surface area is 183 Å². The van der Waals surface area contributed by atoms with E-state index in [0.717, 1.165) is 12.0 Å². The molecule has 0 unspecified atom stereocenters. The second-order valence-electron chi connectivity index (χ2n) is 7.61. The number of piperidine rings is 1. The Morgan fingerprint density at radius 1 is 1.10 bits per heavy atom. The number of carbonyl (C=O) groups is 2. The number of nitrogens with zero attached hydrogens (tertiary/aromatic N) is 2. The maximum Gasteiger partial charge on any atom is 0.223 e. The van der Waals surface area contributed by atoms with Crippen LogP contribution < -0.4 is 14.8 Å². The molecule has 1 aliphatic heterocycles. The molecule has 0 bridgehead atoms. The van der Waals surface area contributed by atoms with Gasteiger partial charge in [0, 0.05) is 44.2 Å². The summed E-state index contributed by atoms with van der Waals surface area (Å²) in [5.74, 6) is 1.93. The Morgan fingerprint density at radius 2 is 1.84 bits per heavy atom. The summed E-state index contributed by atoms with van der Waals surface area (Å²) < 4.78 is 11.4. The number of pyridine rings is 1. The molecule has 31 heavy (non-hydrogen) atoms. The third kappa shape index (κ3) is 6.44. The molecule has 7 nitrogen and oxygen atoms in total. The number of likely N-dealkylation sites (tertiary alicyclic amines) is 1. The van der Waals surface area contributed by atoms with E-state index in [1.54, 1.807) is 12.3 Å². The second kappa shape index (κ2) is 11.3. The van der Waals surface area contributed by atoms with E-state index in [4.69, 9.17) is 9.47 Å². The van der Waals surface area contributed by atoms with Crippen LogP contribution in [0.2, 0.25) is 0 Å². The van der Waals surface area contributed by atoms with Crippen LogP contribution in [0.1, 0.15) is 45.1 Å². The van der Waals surface area contributed by atoms with Gasteiger partial charge in [0.1, 0.15) is 0 Å². The number of hydrogen-bond acceptors (Lipinski definition) is 5. The highest BCUT2D eigenvalue weighted by Gasteiger charge is 2.26. The molecule has 2 heterocycles. The van der Waals surface area contributed by atoms with Crippen molar-refractivity contribution in [1.82, 2.24) is 15.2 Å². The van der Waals surface area contributed by atoms with Crippen LogP contribution in [0.3, 0.4) is 0 Å². The van der Waals surface area contributed by atoms with Gasteiger partial charge in [-0.1, -0.05) is 25.1 Å². The van der Waals surface area contributed by atoms with E-state index in [1.165, 1.54) is 0 Å². The van der Waals surface area contributed by atoms with E-state index in [9.17, 15) is 9.59 Å². The lowest BCUT2D eigenvalue weighted by atomic mass is 9.95. The van der Waals surface area contributed by atoms with Crippen LogP contribution in [0.15, 0.2) is 42.6 Å². The number of rotatable bonds is 9. The van der Waals surface area contributed by atoms with Gasteiger partial charge in [-0.2, -0.15) is 0 Å². The fraction of sp³-hybridized carbons (Fsp3) is 0.458. The minimum absolute atomic E-state index is 0.0357. The van der Waals surface area contributed by atoms with Crippen molar-refractivity contribution in [2.45, 2.75) is 46.1 Å². The quantitative estimate of drug-likeness (QED) is 0.658. The maximum absolute atomic E-state index is 12.5. The summed E-state index contributed by atoms with van der Waals surface area (Å²) in [6, 6.07) is 11.1. The lowest BCUT2D eigenvalue weighted by Gasteiger charge is -2.31. The van der Waals surface area contributed by atoms with Crippen LogP contribution in [0.4, 0.5) is 0 Å². The van der Waals surface area contributed by atoms with Gasteiger partial charge in [0.05, 0.1) is 6.61 Å². The highest BCUT2D eigenvalue weighted by Crippen LogP contribution is 2.30. The largest absolute Gasteiger partial charge is 0.490 e. The van der Waals surface area contributed by atoms with Crippen LogP contribution in [0, 0.1) is 5.92 Å². The molecule has 0 spiro atoms. The Hall–Kier alpha value is -3.09. The fourth-order valence-corrected chi connectivity index (χ4v) is 3.59. The van der Waals surface area contributed by atoms with Crippen molar-refractivity contribution >= 4 is 11.8 Å². The first-order valence-corrected chi connectivity index (χ1v) is 11.0. The number of para-hydroxylation sites is 2. The normalized spacial score (nSPS) is 14.2. The van der Waals surface area contributed by atoms with Gasteiger partial charge in [0.25, 0.3) is 0 Å². The second-order valence-corrected chi connectivity index (χ2v) is 7.61. The molecule has 2 aromatic rings. The average molecular weight is 426 g/mol. The number of carbonyl (C=O) groups excluding carboxylic acids is 2. The average Bonchev–Trinajstić information content (AvgIpc) is 2.80. The van der Waals surface area contributed by atoms with Gasteiger partial charge in [-0.3, -0.25) is 9.59 Å². The molecule has 166 valence electrons. The van der Waals surface area contributed by atoms with Gasteiger partial charge in [-0.25, -0.2) is 4.98 Å². The predicted molar refractivity (Wildman–Crippen MR) is 118 cm³/mol. The van der Waals surface area contributed by atoms with Crippen LogP contribution >= 0.6 is 0 Å². The topological polar surface area (TPSA) is 80.8 Å². The summed E-state index contributed by atoms with van der Waals surface area (Å²) in [5, 5.41) is 2.99. The summed E-state index contributed by atoms with van der Waals surface area (Å²) in [6.07, 6.45) is 4.57. The third-order valence-electron chi connectivity index (χ3n) is 5.31. The SMILES string of the molecule is CCCC(=O)N1CCC(C(=O)NCc2ccc(Oc3ccccc3OCC)nc2)CC1. The lowest BCUT2D eigenvalue weighted by Crippen LogP contribution is -2.42. The summed E-state index contributed by atoms with van der Waals surface area (Å²) in [7, 11) is 0. The number of aromatic nitrogens is 1. The molecule has 3 rings (SSSR count). The van der Waals surface area contributed by atoms with E-state index < -0.39 is 0 Å². The molecule has 0 radical (unpaired) electrons. The maximum atomic E-state index is 12.5. The van der Waals surface area contributed by atoms with Gasteiger partial charge in [0.2, 0.25) is 17.7 Å². The van der Waals surface area contributed by atoms with Crippen molar-refractivity contribution in [2.24, 2.45) is 5.92 Å². The molecular weight excluding hydrogens is 394 g/mol. The zero-order valence-electron chi connectivity index (χ0n) is 18.3. The molecule has 1 aromatic heterocycles. The van der Waals surface area contributed by atoms with Gasteiger partial charge < -0.3 is 19.7 Å². The highest BCUT2D eigenvalue weighted by atomic mass is 16.5. The number of benzene rings is 1. The van der Waals surface area contributed by atoms with E-state index in [1.807, 2.05) is 49.1 Å². The summed E-state index contributed by atoms with van der Waals surface area (Å²) >= 11 is 0. The molecule has 1 fully saturated rings. The summed E-state index contributed by atoms with van der Waals surface area (Å²) in [5.41, 5.74) is 0.898. The minimum Gasteiger partial charge on any atom is -0.490 e. The Kier molecular flexibility index (Phi) is 8.27. The third-order valence-corrected chi connectivity index (χ3v) is 5.31. The van der Waals surface area contributed by atoms with Crippen molar-refractivity contribution in [3.05, 3.63) is 48.2 Å². The number of nitrogens with one attached hydrogen (secondary N) is 1. The van der Waals surface area contributed by atoms with Crippen molar-refractivity contribution in [1.29, 1.82) is 0 Å². The number of amides is 2. The van der Waals surface area contributed by atoms with Gasteiger partial charge in [-0.15, -0.1) is 0 Å². The Bertz CT molecular complexity index is 861. The zero-order chi connectivity index (χ0) is 22.1. The fourth-order valence-electron chi connectivity index (χ4n) is 3.59. The molecule has 7 heteroatoms. The molecule has 0 atom stereocenters. The molecule has 1 aliphatic rings. The van der Waals surface area contributed by atoms with E-state index in [2.05, 4.69) is 10.3 Å². The first-order valence-electron chi connectivity index (χ1n) is 11.0. The van der Waals surface area contributed by atoms with Crippen molar-refractivity contribution in [3.8, 4) is 17.4 Å². The minimum atomic E-state index is -0.0451. The Morgan fingerprint density at radius 3 is 2.48 bits per heavy atom. The molecule has 0 saturated carbocycles. The summed E-state index contributed by atoms with van der Waals surface area (Å²) in [4.78, 5) is 30.7. The molecule has 0 aliphatic carbocycles. The lowest BCUT2D eigenvalue weighted by molar-refractivity contribution is -0.135. The van der Waals surface area contributed by atoms with Crippen LogP contribution in [0.5, 0.6) is 17.4 Å². The molecule has 2 amide bonds. The Balaban J connectivity index is 1.46. The standard InChI is InChI=1S/C24H31N3O4/c1-3-7-23(28)27-14-12-19(13-15-27)24(29)26-17-18-10-11-22(25-16-18)31-21-9-6-5-8-20(21)30-4-2/h5-6,8-11,16,19H,3-4,7,12-15,17H2,1-2H3,(H,26,29). The van der Waals surface area contributed by atoms with Crippen molar-refractivity contribution in [3.63, 3.8) is 0 Å². The van der Waals surface area contributed by atoms with Gasteiger partial charge in [-0.05, 0) is 43.9 Å². The summed E-state index contributed by atoms with van der Waals surface area (Å²) in [6.45, 7) is 6.22. The van der Waals surface area contributed by atoms with E-state index in [-0.39, 0.29) is 17.7 Å². The van der Waals surface area contributed by atoms with Gasteiger partial charge in [0.15, 0.2) is 11.5 Å². The first kappa shape index (κ1) is 22.6. The van der Waals surface area contributed by atoms with Crippen molar-refractivity contribution < 1.29 is 19.1 Å². The molecule has 1 N–H and O–H groups in total. The zero-order valence-corrected chi connectivity index (χ0v) is 18.3. The smallest absolute Gasteiger partial charge is 0.223 e. The molecular formula is C24H31N3O4. The number of ether oxygens (including phenoxy) is 2. The monoisotopic (exact) mass is 425 g/mol. The van der Waals surface area contributed by atoms with E-state index in [0.29, 0.717) is 62.9 Å². The molecule has 1 saturated heterocycles. The van der Waals surface area contributed by atoms with Crippen LogP contribution in [0.25, 0.3) is 0 Å². The number of hydrogen-bond donors (Lipinski definition) is 1. The van der Waals surface area contributed by atoms with Gasteiger partial charge >= 0.3 is 0 Å². The predicted octanol–water partition coefficient (Wildman–Crippen LogP) is 3.93. The molecule has 1 aromatic carbocycles. The van der Waals surface area contributed by atoms with Crippen LogP contribution in [-0.2, 0) is 16.1 Å². The highest BCUT2D eigenvalue weighted by molar-refractivity contribution is 5.80. The van der Waals surface area contributed by atoms with Crippen molar-refractivity contribution in [2.75, 3.05) is 19.7 Å². The van der Waals surface area contributed by atoms with E-state index >= 15 is 0 Å².